The molecule has 0 aliphatic rings. The van der Waals surface area contributed by atoms with E-state index < -0.39 is 18.2 Å². The number of ether oxygens (including phenoxy) is 2. The maximum atomic E-state index is 12.0. The zero-order chi connectivity index (χ0) is 19.4. The molecule has 6 nitrogen and oxygen atoms in total. The maximum absolute atomic E-state index is 12.0. The van der Waals surface area contributed by atoms with Crippen molar-refractivity contribution >= 4 is 34.3 Å². The molecule has 0 saturated heterocycles. The zero-order valence-electron chi connectivity index (χ0n) is 14.4. The molecule has 3 aromatic rings. The van der Waals surface area contributed by atoms with Crippen LogP contribution in [0.2, 0.25) is 5.02 Å². The molecule has 0 unspecified atom stereocenters. The van der Waals surface area contributed by atoms with E-state index in [0.717, 1.165) is 10.9 Å². The van der Waals surface area contributed by atoms with E-state index in [4.69, 9.17) is 25.5 Å². The normalized spacial score (nSPS) is 10.6. The minimum Gasteiger partial charge on any atom is -0.482 e. The molecule has 0 radical (unpaired) electrons. The number of carbonyl (C=O) groups is 2. The van der Waals surface area contributed by atoms with Crippen LogP contribution in [0.5, 0.6) is 5.75 Å². The van der Waals surface area contributed by atoms with Crippen LogP contribution in [0.25, 0.3) is 11.0 Å². The number of benzene rings is 2. The first-order valence-electron chi connectivity index (χ1n) is 8.04. The fraction of sp³-hybridized carbons (Fsp3) is 0.150. The van der Waals surface area contributed by atoms with Crippen LogP contribution in [0, 0.1) is 6.92 Å². The van der Waals surface area contributed by atoms with Gasteiger partial charge in [-0.15, -0.1) is 0 Å². The average molecular weight is 387 g/mol. The number of halogens is 1. The summed E-state index contributed by atoms with van der Waals surface area (Å²) in [6.45, 7) is 1.01. The standard InChI is InChI=1S/C20H15ClO6/c1-12-7-19(23)27-18-9-15(5-6-16(12)18)25-11-20(24)26-10-17(22)13-3-2-4-14(21)8-13/h2-9H,10-11H2,1H3. The third kappa shape index (κ3) is 4.74. The average Bonchev–Trinajstić information content (AvgIpc) is 2.64. The Kier molecular flexibility index (Phi) is 5.57. The number of rotatable bonds is 6. The highest BCUT2D eigenvalue weighted by atomic mass is 35.5. The van der Waals surface area contributed by atoms with Crippen LogP contribution in [0.3, 0.4) is 0 Å². The van der Waals surface area contributed by atoms with Gasteiger partial charge in [-0.25, -0.2) is 9.59 Å². The van der Waals surface area contributed by atoms with Gasteiger partial charge < -0.3 is 13.9 Å². The SMILES string of the molecule is Cc1cc(=O)oc2cc(OCC(=O)OCC(=O)c3cccc(Cl)c3)ccc12. The third-order valence-electron chi connectivity index (χ3n) is 3.79. The predicted molar refractivity (Wildman–Crippen MR) is 99.5 cm³/mol. The van der Waals surface area contributed by atoms with Crippen molar-refractivity contribution in [2.45, 2.75) is 6.92 Å². The zero-order valence-corrected chi connectivity index (χ0v) is 15.1. The van der Waals surface area contributed by atoms with Gasteiger partial charge in [-0.05, 0) is 36.8 Å². The summed E-state index contributed by atoms with van der Waals surface area (Å²) >= 11 is 5.82. The van der Waals surface area contributed by atoms with E-state index in [9.17, 15) is 14.4 Å². The first-order chi connectivity index (χ1) is 12.9. The van der Waals surface area contributed by atoms with Crippen molar-refractivity contribution in [2.75, 3.05) is 13.2 Å². The van der Waals surface area contributed by atoms with Gasteiger partial charge in [0.15, 0.2) is 19.0 Å². The van der Waals surface area contributed by atoms with Gasteiger partial charge in [-0.2, -0.15) is 0 Å². The highest BCUT2D eigenvalue weighted by Gasteiger charge is 2.12. The van der Waals surface area contributed by atoms with E-state index >= 15 is 0 Å². The molecule has 0 spiro atoms. The van der Waals surface area contributed by atoms with E-state index in [-0.39, 0.29) is 12.4 Å². The van der Waals surface area contributed by atoms with Crippen LogP contribution in [0.1, 0.15) is 15.9 Å². The van der Waals surface area contributed by atoms with Crippen molar-refractivity contribution in [3.8, 4) is 5.75 Å². The topological polar surface area (TPSA) is 82.8 Å². The molecule has 7 heteroatoms. The molecule has 0 N–H and O–H groups in total. The molecule has 0 aliphatic heterocycles. The van der Waals surface area contributed by atoms with Crippen LogP contribution in [0.15, 0.2) is 57.7 Å². The Morgan fingerprint density at radius 3 is 2.67 bits per heavy atom. The summed E-state index contributed by atoms with van der Waals surface area (Å²) in [5.41, 5.74) is 1.04. The molecule has 0 fully saturated rings. The van der Waals surface area contributed by atoms with Crippen LogP contribution in [-0.2, 0) is 9.53 Å². The van der Waals surface area contributed by atoms with Gasteiger partial charge >= 0.3 is 11.6 Å². The van der Waals surface area contributed by atoms with Gasteiger partial charge in [0.05, 0.1) is 0 Å². The van der Waals surface area contributed by atoms with Crippen LogP contribution < -0.4 is 10.4 Å². The first kappa shape index (κ1) is 18.7. The number of carbonyl (C=O) groups excluding carboxylic acids is 2. The Bertz CT molecular complexity index is 1070. The van der Waals surface area contributed by atoms with E-state index in [2.05, 4.69) is 0 Å². The van der Waals surface area contributed by atoms with E-state index in [1.54, 1.807) is 37.3 Å². The number of fused-ring (bicyclic) bond motifs is 1. The Labute approximate surface area is 159 Å². The first-order valence-corrected chi connectivity index (χ1v) is 8.42. The summed E-state index contributed by atoms with van der Waals surface area (Å²) in [7, 11) is 0. The molecular weight excluding hydrogens is 372 g/mol. The molecule has 0 aliphatic carbocycles. The van der Waals surface area contributed by atoms with Crippen LogP contribution >= 0.6 is 11.6 Å². The van der Waals surface area contributed by atoms with Crippen molar-refractivity contribution in [3.63, 3.8) is 0 Å². The van der Waals surface area contributed by atoms with Crippen molar-refractivity contribution in [2.24, 2.45) is 0 Å². The number of ketones is 1. The van der Waals surface area contributed by atoms with E-state index in [1.165, 1.54) is 18.2 Å². The van der Waals surface area contributed by atoms with Crippen molar-refractivity contribution < 1.29 is 23.5 Å². The van der Waals surface area contributed by atoms with Crippen LogP contribution in [-0.4, -0.2) is 25.0 Å². The molecule has 0 atom stereocenters. The van der Waals surface area contributed by atoms with Gasteiger partial charge in [0.1, 0.15) is 11.3 Å². The summed E-state index contributed by atoms with van der Waals surface area (Å²) in [5.74, 6) is -0.723. The number of aryl methyl sites for hydroxylation is 1. The van der Waals surface area contributed by atoms with Crippen molar-refractivity contribution in [1.29, 1.82) is 0 Å². The number of Topliss-reactive ketones (excluding diaryl/α,β-unsaturated/α-hetero) is 1. The van der Waals surface area contributed by atoms with Crippen LogP contribution in [0.4, 0.5) is 0 Å². The molecular formula is C20H15ClO6. The Hall–Kier alpha value is -3.12. The fourth-order valence-electron chi connectivity index (χ4n) is 2.47. The highest BCUT2D eigenvalue weighted by Crippen LogP contribution is 2.22. The third-order valence-corrected chi connectivity index (χ3v) is 4.03. The van der Waals surface area contributed by atoms with Gasteiger partial charge in [-0.3, -0.25) is 4.79 Å². The second kappa shape index (κ2) is 8.05. The Morgan fingerprint density at radius 2 is 1.89 bits per heavy atom. The molecule has 0 bridgehead atoms. The molecule has 27 heavy (non-hydrogen) atoms. The lowest BCUT2D eigenvalue weighted by molar-refractivity contribution is -0.144. The van der Waals surface area contributed by atoms with Gasteiger partial charge in [0, 0.05) is 28.1 Å². The lowest BCUT2D eigenvalue weighted by Gasteiger charge is -2.08. The summed E-state index contributed by atoms with van der Waals surface area (Å²) < 4.78 is 15.4. The van der Waals surface area contributed by atoms with Crippen molar-refractivity contribution in [3.05, 3.63) is 75.1 Å². The van der Waals surface area contributed by atoms with Crippen molar-refractivity contribution in [1.82, 2.24) is 0 Å². The monoisotopic (exact) mass is 386 g/mol. The van der Waals surface area contributed by atoms with E-state index in [0.29, 0.717) is 21.9 Å². The van der Waals surface area contributed by atoms with Gasteiger partial charge in [0.25, 0.3) is 0 Å². The quantitative estimate of drug-likeness (QED) is 0.366. The summed E-state index contributed by atoms with van der Waals surface area (Å²) in [5, 5.41) is 1.20. The highest BCUT2D eigenvalue weighted by molar-refractivity contribution is 6.31. The molecule has 3 rings (SSSR count). The molecule has 0 amide bonds. The summed E-state index contributed by atoms with van der Waals surface area (Å²) in [4.78, 5) is 35.2. The minimum atomic E-state index is -0.698. The fourth-order valence-corrected chi connectivity index (χ4v) is 2.66. The molecule has 138 valence electrons. The number of esters is 1. The predicted octanol–water partition coefficient (Wildman–Crippen LogP) is 3.56. The maximum Gasteiger partial charge on any atom is 0.344 e. The molecule has 1 aromatic heterocycles. The van der Waals surface area contributed by atoms with Gasteiger partial charge in [0.2, 0.25) is 0 Å². The number of hydrogen-bond donors (Lipinski definition) is 0. The molecule has 2 aromatic carbocycles. The smallest absolute Gasteiger partial charge is 0.344 e. The van der Waals surface area contributed by atoms with Gasteiger partial charge in [-0.1, -0.05) is 23.7 Å². The minimum absolute atomic E-state index is 0.342. The lowest BCUT2D eigenvalue weighted by Crippen LogP contribution is -2.19. The summed E-state index contributed by atoms with van der Waals surface area (Å²) in [6, 6.07) is 12.7. The Morgan fingerprint density at radius 1 is 1.07 bits per heavy atom. The second-order valence-electron chi connectivity index (χ2n) is 5.79. The number of hydrogen-bond acceptors (Lipinski definition) is 6. The largest absolute Gasteiger partial charge is 0.482 e. The lowest BCUT2D eigenvalue weighted by atomic mass is 10.1. The molecule has 1 heterocycles. The second-order valence-corrected chi connectivity index (χ2v) is 6.23. The summed E-state index contributed by atoms with van der Waals surface area (Å²) in [6.07, 6.45) is 0. The Balaban J connectivity index is 1.57. The van der Waals surface area contributed by atoms with E-state index in [1.807, 2.05) is 0 Å². The molecule has 0 saturated carbocycles.